The SMILES string of the molecule is O=C(C[C@@H]1C(=O)N(c2ccc(Cl)cc2)C(=O)N1Cc1cccnc1)Nc1ccc(Cl)cc1. The minimum Gasteiger partial charge on any atom is -0.326 e. The maximum Gasteiger partial charge on any atom is 0.332 e. The molecule has 0 aliphatic carbocycles. The highest BCUT2D eigenvalue weighted by atomic mass is 35.5. The van der Waals surface area contributed by atoms with Crippen LogP contribution in [0, 0.1) is 0 Å². The van der Waals surface area contributed by atoms with Gasteiger partial charge in [0.25, 0.3) is 5.91 Å². The summed E-state index contributed by atoms with van der Waals surface area (Å²) in [5.74, 6) is -0.875. The van der Waals surface area contributed by atoms with Crippen molar-refractivity contribution in [1.82, 2.24) is 9.88 Å². The first-order chi connectivity index (χ1) is 15.4. The summed E-state index contributed by atoms with van der Waals surface area (Å²) in [7, 11) is 0. The van der Waals surface area contributed by atoms with Gasteiger partial charge in [0.15, 0.2) is 0 Å². The molecule has 1 atom stereocenters. The summed E-state index contributed by atoms with van der Waals surface area (Å²) in [6, 6.07) is 15.1. The van der Waals surface area contributed by atoms with E-state index in [1.54, 1.807) is 73.1 Å². The Bertz CT molecular complexity index is 1140. The average molecular weight is 469 g/mol. The molecule has 1 N–H and O–H groups in total. The number of aromatic nitrogens is 1. The zero-order chi connectivity index (χ0) is 22.7. The average Bonchev–Trinajstić information content (AvgIpc) is 3.01. The van der Waals surface area contributed by atoms with E-state index < -0.39 is 23.9 Å². The van der Waals surface area contributed by atoms with E-state index in [-0.39, 0.29) is 13.0 Å². The number of halogens is 2. The quantitative estimate of drug-likeness (QED) is 0.528. The lowest BCUT2D eigenvalue weighted by molar-refractivity contribution is -0.124. The molecular weight excluding hydrogens is 451 g/mol. The summed E-state index contributed by atoms with van der Waals surface area (Å²) in [6.45, 7) is 0.140. The molecule has 4 rings (SSSR count). The summed E-state index contributed by atoms with van der Waals surface area (Å²) in [5, 5.41) is 3.77. The van der Waals surface area contributed by atoms with Crippen LogP contribution in [0.15, 0.2) is 73.1 Å². The number of benzene rings is 2. The molecule has 1 saturated heterocycles. The molecule has 1 aromatic heterocycles. The monoisotopic (exact) mass is 468 g/mol. The van der Waals surface area contributed by atoms with Crippen molar-refractivity contribution >= 4 is 52.4 Å². The van der Waals surface area contributed by atoms with Crippen LogP contribution < -0.4 is 10.2 Å². The molecule has 2 aromatic carbocycles. The van der Waals surface area contributed by atoms with Crippen LogP contribution in [0.1, 0.15) is 12.0 Å². The lowest BCUT2D eigenvalue weighted by Gasteiger charge is -2.21. The molecule has 4 amide bonds. The van der Waals surface area contributed by atoms with Crippen molar-refractivity contribution in [3.8, 4) is 0 Å². The first-order valence-electron chi connectivity index (χ1n) is 9.77. The van der Waals surface area contributed by atoms with Gasteiger partial charge in [0.2, 0.25) is 5.91 Å². The summed E-state index contributed by atoms with van der Waals surface area (Å²) in [6.07, 6.45) is 3.04. The molecule has 0 radical (unpaired) electrons. The van der Waals surface area contributed by atoms with Crippen LogP contribution in [0.3, 0.4) is 0 Å². The number of nitrogens with zero attached hydrogens (tertiary/aromatic N) is 3. The van der Waals surface area contributed by atoms with E-state index in [4.69, 9.17) is 23.2 Å². The number of nitrogens with one attached hydrogen (secondary N) is 1. The fourth-order valence-corrected chi connectivity index (χ4v) is 3.70. The molecule has 0 saturated carbocycles. The van der Waals surface area contributed by atoms with Gasteiger partial charge in [0.05, 0.1) is 12.1 Å². The van der Waals surface area contributed by atoms with Crippen LogP contribution in [0.25, 0.3) is 0 Å². The van der Waals surface area contributed by atoms with Crippen molar-refractivity contribution < 1.29 is 14.4 Å². The summed E-state index contributed by atoms with van der Waals surface area (Å²) in [5.41, 5.74) is 1.68. The van der Waals surface area contributed by atoms with Crippen LogP contribution in [0.4, 0.5) is 16.2 Å². The Hall–Kier alpha value is -3.42. The van der Waals surface area contributed by atoms with Crippen molar-refractivity contribution in [1.29, 1.82) is 0 Å². The van der Waals surface area contributed by atoms with Gasteiger partial charge in [-0.15, -0.1) is 0 Å². The molecule has 1 fully saturated rings. The van der Waals surface area contributed by atoms with Crippen molar-refractivity contribution in [3.05, 3.63) is 88.7 Å². The standard InChI is InChI=1S/C23H18Cl2N4O3/c24-16-3-7-18(8-4-16)27-21(30)12-20-22(31)29(19-9-5-17(25)6-10-19)23(32)28(20)14-15-2-1-11-26-13-15/h1-11,13,20H,12,14H2,(H,27,30)/t20-/m1/s1. The molecule has 9 heteroatoms. The number of amides is 4. The maximum absolute atomic E-state index is 13.3. The largest absolute Gasteiger partial charge is 0.332 e. The zero-order valence-electron chi connectivity index (χ0n) is 16.7. The van der Waals surface area contributed by atoms with Gasteiger partial charge in [0, 0.05) is 34.7 Å². The lowest BCUT2D eigenvalue weighted by Crippen LogP contribution is -2.37. The number of hydrogen-bond donors (Lipinski definition) is 1. The van der Waals surface area contributed by atoms with E-state index >= 15 is 0 Å². The van der Waals surface area contributed by atoms with Gasteiger partial charge in [-0.2, -0.15) is 0 Å². The van der Waals surface area contributed by atoms with Gasteiger partial charge in [-0.1, -0.05) is 29.3 Å². The Labute approximate surface area is 194 Å². The molecule has 0 spiro atoms. The third-order valence-corrected chi connectivity index (χ3v) is 5.49. The molecular formula is C23H18Cl2N4O3. The second-order valence-corrected chi connectivity index (χ2v) is 8.07. The van der Waals surface area contributed by atoms with Gasteiger partial charge in [-0.05, 0) is 60.2 Å². The topological polar surface area (TPSA) is 82.6 Å². The second kappa shape index (κ2) is 9.38. The molecule has 7 nitrogen and oxygen atoms in total. The number of carbonyl (C=O) groups excluding carboxylic acids is 3. The predicted molar refractivity (Wildman–Crippen MR) is 123 cm³/mol. The Morgan fingerprint density at radius 3 is 2.25 bits per heavy atom. The van der Waals surface area contributed by atoms with Crippen LogP contribution >= 0.6 is 23.2 Å². The fraction of sp³-hybridized carbons (Fsp3) is 0.130. The molecule has 1 aliphatic heterocycles. The second-order valence-electron chi connectivity index (χ2n) is 7.20. The first-order valence-corrected chi connectivity index (χ1v) is 10.5. The highest BCUT2D eigenvalue weighted by molar-refractivity contribution is 6.31. The van der Waals surface area contributed by atoms with Crippen molar-refractivity contribution in [2.45, 2.75) is 19.0 Å². The van der Waals surface area contributed by atoms with Crippen LogP contribution in [-0.4, -0.2) is 33.8 Å². The lowest BCUT2D eigenvalue weighted by atomic mass is 10.1. The molecule has 0 bridgehead atoms. The number of rotatable bonds is 6. The van der Waals surface area contributed by atoms with E-state index in [9.17, 15) is 14.4 Å². The first kappa shape index (κ1) is 21.8. The number of pyridine rings is 1. The molecule has 32 heavy (non-hydrogen) atoms. The maximum atomic E-state index is 13.3. The van der Waals surface area contributed by atoms with Crippen molar-refractivity contribution in [2.75, 3.05) is 10.2 Å². The van der Waals surface area contributed by atoms with E-state index in [0.717, 1.165) is 10.5 Å². The zero-order valence-corrected chi connectivity index (χ0v) is 18.3. The highest BCUT2D eigenvalue weighted by Gasteiger charge is 2.46. The number of urea groups is 1. The molecule has 2 heterocycles. The minimum atomic E-state index is -0.967. The van der Waals surface area contributed by atoms with Gasteiger partial charge >= 0.3 is 6.03 Å². The number of imide groups is 1. The molecule has 162 valence electrons. The van der Waals surface area contributed by atoms with E-state index in [2.05, 4.69) is 10.3 Å². The fourth-order valence-electron chi connectivity index (χ4n) is 3.45. The minimum absolute atomic E-state index is 0.140. The van der Waals surface area contributed by atoms with Crippen LogP contribution in [0.2, 0.25) is 10.0 Å². The smallest absolute Gasteiger partial charge is 0.326 e. The predicted octanol–water partition coefficient (Wildman–Crippen LogP) is 4.75. The summed E-state index contributed by atoms with van der Waals surface area (Å²) >= 11 is 11.8. The Morgan fingerprint density at radius 2 is 1.62 bits per heavy atom. The Morgan fingerprint density at radius 1 is 0.969 bits per heavy atom. The van der Waals surface area contributed by atoms with Crippen molar-refractivity contribution in [2.24, 2.45) is 0 Å². The van der Waals surface area contributed by atoms with Gasteiger partial charge in [0.1, 0.15) is 6.04 Å². The number of carbonyl (C=O) groups is 3. The van der Waals surface area contributed by atoms with E-state index in [1.165, 1.54) is 4.90 Å². The number of anilines is 2. The number of hydrogen-bond acceptors (Lipinski definition) is 4. The van der Waals surface area contributed by atoms with Crippen LogP contribution in [-0.2, 0) is 16.1 Å². The van der Waals surface area contributed by atoms with E-state index in [0.29, 0.717) is 21.4 Å². The normalized spacial score (nSPS) is 15.9. The molecule has 1 aliphatic rings. The van der Waals surface area contributed by atoms with Crippen LogP contribution in [0.5, 0.6) is 0 Å². The van der Waals surface area contributed by atoms with Crippen molar-refractivity contribution in [3.63, 3.8) is 0 Å². The third-order valence-electron chi connectivity index (χ3n) is 4.99. The molecule has 3 aromatic rings. The van der Waals surface area contributed by atoms with Gasteiger partial charge in [-0.3, -0.25) is 14.6 Å². The summed E-state index contributed by atoms with van der Waals surface area (Å²) < 4.78 is 0. The third kappa shape index (κ3) is 4.74. The Kier molecular flexibility index (Phi) is 6.39. The molecule has 0 unspecified atom stereocenters. The highest BCUT2D eigenvalue weighted by Crippen LogP contribution is 2.29. The van der Waals surface area contributed by atoms with Gasteiger partial charge in [-0.25, -0.2) is 9.69 Å². The van der Waals surface area contributed by atoms with E-state index in [1.807, 2.05) is 0 Å². The Balaban J connectivity index is 1.59. The van der Waals surface area contributed by atoms with Gasteiger partial charge < -0.3 is 10.2 Å². The summed E-state index contributed by atoms with van der Waals surface area (Å²) in [4.78, 5) is 45.7.